The Kier molecular flexibility index (Phi) is 5.66. The molecule has 3 nitrogen and oxygen atoms in total. The minimum Gasteiger partial charge on any atom is -0.481 e. The van der Waals surface area contributed by atoms with Crippen LogP contribution < -0.4 is 10.1 Å². The molecule has 0 aromatic heterocycles. The molecule has 0 fully saturated rings. The zero-order valence-corrected chi connectivity index (χ0v) is 15.4. The summed E-state index contributed by atoms with van der Waals surface area (Å²) in [5, 5.41) is 3.03. The van der Waals surface area contributed by atoms with E-state index in [4.69, 9.17) is 4.74 Å². The van der Waals surface area contributed by atoms with Gasteiger partial charge < -0.3 is 10.1 Å². The highest BCUT2D eigenvalue weighted by atomic mass is 16.5. The van der Waals surface area contributed by atoms with Crippen molar-refractivity contribution in [2.24, 2.45) is 0 Å². The summed E-state index contributed by atoms with van der Waals surface area (Å²) in [6, 6.07) is 12.2. The van der Waals surface area contributed by atoms with Gasteiger partial charge in [-0.1, -0.05) is 35.9 Å². The number of carbonyl (C=O) groups excluding carboxylic acids is 1. The standard InChI is InChI=1S/C21H27NO2/c1-13-7-10-20(16(4)11-13)24-18(6)21(23)22-17(5)19-9-8-14(2)15(3)12-19/h7-12,17-18H,1-6H3,(H,22,23)/t17-,18-/m0/s1. The first-order valence-electron chi connectivity index (χ1n) is 8.39. The van der Waals surface area contributed by atoms with Gasteiger partial charge in [0.2, 0.25) is 0 Å². The van der Waals surface area contributed by atoms with Gasteiger partial charge in [-0.2, -0.15) is 0 Å². The monoisotopic (exact) mass is 325 g/mol. The van der Waals surface area contributed by atoms with E-state index in [-0.39, 0.29) is 11.9 Å². The van der Waals surface area contributed by atoms with Crippen LogP contribution in [-0.4, -0.2) is 12.0 Å². The summed E-state index contributed by atoms with van der Waals surface area (Å²) in [6.07, 6.45) is -0.541. The molecule has 24 heavy (non-hydrogen) atoms. The summed E-state index contributed by atoms with van der Waals surface area (Å²) in [6.45, 7) is 12.0. The topological polar surface area (TPSA) is 38.3 Å². The van der Waals surface area contributed by atoms with Gasteiger partial charge >= 0.3 is 0 Å². The van der Waals surface area contributed by atoms with Crippen molar-refractivity contribution in [2.75, 3.05) is 0 Å². The van der Waals surface area contributed by atoms with Crippen molar-refractivity contribution in [1.82, 2.24) is 5.32 Å². The number of amides is 1. The Morgan fingerprint density at radius 1 is 0.917 bits per heavy atom. The van der Waals surface area contributed by atoms with E-state index in [1.807, 2.05) is 32.9 Å². The maximum atomic E-state index is 12.4. The van der Waals surface area contributed by atoms with E-state index < -0.39 is 6.10 Å². The van der Waals surface area contributed by atoms with Gasteiger partial charge in [0.05, 0.1) is 6.04 Å². The highest BCUT2D eigenvalue weighted by Gasteiger charge is 2.18. The summed E-state index contributed by atoms with van der Waals surface area (Å²) in [7, 11) is 0. The van der Waals surface area contributed by atoms with Crippen LogP contribution in [0.3, 0.4) is 0 Å². The number of ether oxygens (including phenoxy) is 1. The fourth-order valence-corrected chi connectivity index (χ4v) is 2.62. The van der Waals surface area contributed by atoms with Crippen LogP contribution in [-0.2, 0) is 4.79 Å². The van der Waals surface area contributed by atoms with E-state index in [1.54, 1.807) is 6.92 Å². The van der Waals surface area contributed by atoms with Gasteiger partial charge in [-0.15, -0.1) is 0 Å². The van der Waals surface area contributed by atoms with E-state index in [9.17, 15) is 4.79 Å². The van der Waals surface area contributed by atoms with Gasteiger partial charge in [0.1, 0.15) is 5.75 Å². The average molecular weight is 325 g/mol. The van der Waals surface area contributed by atoms with Crippen LogP contribution in [0, 0.1) is 27.7 Å². The predicted molar refractivity (Wildman–Crippen MR) is 98.5 cm³/mol. The number of benzene rings is 2. The van der Waals surface area contributed by atoms with Crippen LogP contribution in [0.5, 0.6) is 5.75 Å². The lowest BCUT2D eigenvalue weighted by molar-refractivity contribution is -0.127. The van der Waals surface area contributed by atoms with Gasteiger partial charge in [0.15, 0.2) is 6.10 Å². The van der Waals surface area contributed by atoms with Crippen molar-refractivity contribution in [3.63, 3.8) is 0 Å². The van der Waals surface area contributed by atoms with E-state index in [0.29, 0.717) is 0 Å². The molecule has 0 spiro atoms. The Labute approximate surface area is 145 Å². The third kappa shape index (κ3) is 4.38. The van der Waals surface area contributed by atoms with Crippen LogP contribution in [0.1, 0.15) is 47.7 Å². The van der Waals surface area contributed by atoms with Crippen LogP contribution in [0.15, 0.2) is 36.4 Å². The quantitative estimate of drug-likeness (QED) is 0.875. The lowest BCUT2D eigenvalue weighted by atomic mass is 10.0. The van der Waals surface area contributed by atoms with Crippen molar-refractivity contribution < 1.29 is 9.53 Å². The van der Waals surface area contributed by atoms with Gasteiger partial charge in [-0.25, -0.2) is 0 Å². The summed E-state index contributed by atoms with van der Waals surface area (Å²) in [5.41, 5.74) is 5.80. The molecule has 0 bridgehead atoms. The van der Waals surface area contributed by atoms with Crippen LogP contribution in [0.2, 0.25) is 0 Å². The normalized spacial score (nSPS) is 13.2. The summed E-state index contributed by atoms with van der Waals surface area (Å²) in [5.74, 6) is 0.641. The molecule has 0 aliphatic carbocycles. The third-order valence-corrected chi connectivity index (χ3v) is 4.39. The second kappa shape index (κ2) is 7.52. The first-order chi connectivity index (χ1) is 11.3. The molecular formula is C21H27NO2. The van der Waals surface area contributed by atoms with E-state index in [2.05, 4.69) is 43.4 Å². The Hall–Kier alpha value is -2.29. The van der Waals surface area contributed by atoms with Crippen molar-refractivity contribution in [2.45, 2.75) is 53.7 Å². The molecule has 0 radical (unpaired) electrons. The first-order valence-corrected chi connectivity index (χ1v) is 8.39. The van der Waals surface area contributed by atoms with Crippen LogP contribution >= 0.6 is 0 Å². The number of carbonyl (C=O) groups is 1. The molecule has 2 aromatic rings. The summed E-state index contributed by atoms with van der Waals surface area (Å²) < 4.78 is 5.83. The lowest BCUT2D eigenvalue weighted by Gasteiger charge is -2.20. The molecule has 2 aromatic carbocycles. The third-order valence-electron chi connectivity index (χ3n) is 4.39. The highest BCUT2D eigenvalue weighted by Crippen LogP contribution is 2.21. The summed E-state index contributed by atoms with van der Waals surface area (Å²) >= 11 is 0. The van der Waals surface area contributed by atoms with E-state index in [1.165, 1.54) is 16.7 Å². The second-order valence-electron chi connectivity index (χ2n) is 6.60. The van der Waals surface area contributed by atoms with Crippen LogP contribution in [0.25, 0.3) is 0 Å². The minimum absolute atomic E-state index is 0.0537. The lowest BCUT2D eigenvalue weighted by Crippen LogP contribution is -2.37. The predicted octanol–water partition coefficient (Wildman–Crippen LogP) is 4.56. The van der Waals surface area contributed by atoms with Gasteiger partial charge in [0.25, 0.3) is 5.91 Å². The highest BCUT2D eigenvalue weighted by molar-refractivity contribution is 5.81. The maximum absolute atomic E-state index is 12.4. The number of nitrogens with one attached hydrogen (secondary N) is 1. The minimum atomic E-state index is -0.541. The van der Waals surface area contributed by atoms with Crippen molar-refractivity contribution in [3.8, 4) is 5.75 Å². The number of hydrogen-bond acceptors (Lipinski definition) is 2. The average Bonchev–Trinajstić information content (AvgIpc) is 2.52. The Bertz CT molecular complexity index is 737. The largest absolute Gasteiger partial charge is 0.481 e. The Morgan fingerprint density at radius 2 is 1.62 bits per heavy atom. The molecule has 2 rings (SSSR count). The van der Waals surface area contributed by atoms with Gasteiger partial charge in [-0.3, -0.25) is 4.79 Å². The van der Waals surface area contributed by atoms with Crippen LogP contribution in [0.4, 0.5) is 0 Å². The molecule has 0 aliphatic heterocycles. The molecule has 1 N–H and O–H groups in total. The zero-order chi connectivity index (χ0) is 17.9. The molecule has 0 aliphatic rings. The zero-order valence-electron chi connectivity index (χ0n) is 15.4. The Balaban J connectivity index is 2.01. The van der Waals surface area contributed by atoms with E-state index >= 15 is 0 Å². The number of hydrogen-bond donors (Lipinski definition) is 1. The molecule has 3 heteroatoms. The molecule has 2 atom stereocenters. The SMILES string of the molecule is Cc1ccc(O[C@@H](C)C(=O)N[C@@H](C)c2ccc(C)c(C)c2)c(C)c1. The number of rotatable bonds is 5. The number of aryl methyl sites for hydroxylation is 4. The van der Waals surface area contributed by atoms with Crippen molar-refractivity contribution in [3.05, 3.63) is 64.2 Å². The first kappa shape index (κ1) is 18.1. The molecular weight excluding hydrogens is 298 g/mol. The fraction of sp³-hybridized carbons (Fsp3) is 0.381. The van der Waals surface area contributed by atoms with Gasteiger partial charge in [0, 0.05) is 0 Å². The molecule has 0 heterocycles. The second-order valence-corrected chi connectivity index (χ2v) is 6.60. The van der Waals surface area contributed by atoms with E-state index in [0.717, 1.165) is 16.9 Å². The molecule has 0 saturated heterocycles. The summed E-state index contributed by atoms with van der Waals surface area (Å²) in [4.78, 5) is 12.4. The smallest absolute Gasteiger partial charge is 0.261 e. The van der Waals surface area contributed by atoms with Gasteiger partial charge in [-0.05, 0) is 69.9 Å². The Morgan fingerprint density at radius 3 is 2.25 bits per heavy atom. The molecule has 0 unspecified atom stereocenters. The fourth-order valence-electron chi connectivity index (χ4n) is 2.62. The maximum Gasteiger partial charge on any atom is 0.261 e. The van der Waals surface area contributed by atoms with Crippen molar-refractivity contribution in [1.29, 1.82) is 0 Å². The molecule has 0 saturated carbocycles. The molecule has 1 amide bonds. The molecule has 128 valence electrons. The van der Waals surface area contributed by atoms with Crippen molar-refractivity contribution >= 4 is 5.91 Å².